The molecule has 1 rings (SSSR count). The summed E-state index contributed by atoms with van der Waals surface area (Å²) in [4.78, 5) is 56.7. The average Bonchev–Trinajstić information content (AvgIpc) is 2.65. The van der Waals surface area contributed by atoms with Crippen LogP contribution in [0.3, 0.4) is 0 Å². The van der Waals surface area contributed by atoms with E-state index in [0.29, 0.717) is 6.42 Å². The van der Waals surface area contributed by atoms with E-state index in [4.69, 9.17) is 10.2 Å². The normalized spacial score (nSPS) is 12.3. The predicted molar refractivity (Wildman–Crippen MR) is 99.2 cm³/mol. The van der Waals surface area contributed by atoms with Gasteiger partial charge in [-0.05, 0) is 18.4 Å². The Kier molecular flexibility index (Phi) is 9.65. The van der Waals surface area contributed by atoms with E-state index in [0.717, 1.165) is 5.56 Å². The van der Waals surface area contributed by atoms with Gasteiger partial charge in [0.2, 0.25) is 5.91 Å². The summed E-state index contributed by atoms with van der Waals surface area (Å²) >= 11 is 0. The topological polar surface area (TPSA) is 182 Å². The monoisotopic (exact) mass is 409 g/mol. The van der Waals surface area contributed by atoms with Gasteiger partial charge in [-0.15, -0.1) is 0 Å². The van der Waals surface area contributed by atoms with Gasteiger partial charge in [0.1, 0.15) is 12.1 Å². The van der Waals surface area contributed by atoms with E-state index in [-0.39, 0.29) is 13.0 Å². The summed E-state index contributed by atoms with van der Waals surface area (Å²) in [5, 5.41) is 33.5. The van der Waals surface area contributed by atoms with Gasteiger partial charge < -0.3 is 31.3 Å². The van der Waals surface area contributed by atoms with Crippen LogP contribution in [0.1, 0.15) is 24.8 Å². The molecule has 11 nitrogen and oxygen atoms in total. The highest BCUT2D eigenvalue weighted by molar-refractivity contribution is 5.90. The van der Waals surface area contributed by atoms with E-state index in [1.807, 2.05) is 30.3 Å². The van der Waals surface area contributed by atoms with Crippen molar-refractivity contribution < 1.29 is 39.3 Å². The number of hydrogen-bond acceptors (Lipinski definition) is 5. The fraction of sp³-hybridized carbons (Fsp3) is 0.389. The van der Waals surface area contributed by atoms with E-state index < -0.39 is 54.8 Å². The number of carbonyl (C=O) groups excluding carboxylic acids is 2. The molecule has 0 aliphatic carbocycles. The molecule has 11 heteroatoms. The summed E-state index contributed by atoms with van der Waals surface area (Å²) in [6, 6.07) is 5.42. The van der Waals surface area contributed by atoms with Gasteiger partial charge in [-0.2, -0.15) is 0 Å². The van der Waals surface area contributed by atoms with Crippen LogP contribution in [0.25, 0.3) is 0 Å². The fourth-order valence-corrected chi connectivity index (χ4v) is 2.34. The predicted octanol–water partition coefficient (Wildman–Crippen LogP) is -0.194. The number of carboxylic acid groups (broad SMARTS) is 3. The van der Waals surface area contributed by atoms with Crippen LogP contribution in [0.4, 0.5) is 4.79 Å². The zero-order valence-corrected chi connectivity index (χ0v) is 15.5. The summed E-state index contributed by atoms with van der Waals surface area (Å²) in [5.74, 6) is -5.10. The van der Waals surface area contributed by atoms with Crippen molar-refractivity contribution in [2.24, 2.45) is 0 Å². The molecule has 1 aromatic carbocycles. The Balaban J connectivity index is 2.50. The lowest BCUT2D eigenvalue weighted by molar-refractivity contribution is -0.143. The molecule has 0 fully saturated rings. The van der Waals surface area contributed by atoms with Crippen LogP contribution >= 0.6 is 0 Å². The van der Waals surface area contributed by atoms with Gasteiger partial charge in [-0.25, -0.2) is 14.4 Å². The largest absolute Gasteiger partial charge is 0.481 e. The Morgan fingerprint density at radius 2 is 1.48 bits per heavy atom. The van der Waals surface area contributed by atoms with Crippen molar-refractivity contribution in [1.29, 1.82) is 0 Å². The van der Waals surface area contributed by atoms with Gasteiger partial charge in [0.25, 0.3) is 0 Å². The van der Waals surface area contributed by atoms with Gasteiger partial charge in [0.15, 0.2) is 0 Å². The quantitative estimate of drug-likeness (QED) is 0.274. The molecule has 0 unspecified atom stereocenters. The molecule has 0 saturated heterocycles. The molecule has 0 aliphatic heterocycles. The number of rotatable bonds is 12. The minimum absolute atomic E-state index is 0.241. The van der Waals surface area contributed by atoms with Crippen LogP contribution in [0.5, 0.6) is 0 Å². The lowest BCUT2D eigenvalue weighted by Crippen LogP contribution is -2.50. The highest BCUT2D eigenvalue weighted by Crippen LogP contribution is 2.01. The van der Waals surface area contributed by atoms with E-state index >= 15 is 0 Å². The van der Waals surface area contributed by atoms with Gasteiger partial charge in [0, 0.05) is 13.0 Å². The molecule has 0 saturated carbocycles. The molecule has 158 valence electrons. The summed E-state index contributed by atoms with van der Waals surface area (Å²) < 4.78 is 0. The summed E-state index contributed by atoms with van der Waals surface area (Å²) in [5.41, 5.74) is 0.975. The first kappa shape index (κ1) is 23.4. The first-order valence-electron chi connectivity index (χ1n) is 8.74. The van der Waals surface area contributed by atoms with Gasteiger partial charge in [-0.1, -0.05) is 30.3 Å². The summed E-state index contributed by atoms with van der Waals surface area (Å²) in [7, 11) is 0. The first-order chi connectivity index (χ1) is 13.7. The van der Waals surface area contributed by atoms with E-state index in [1.54, 1.807) is 0 Å². The molecule has 6 N–H and O–H groups in total. The minimum atomic E-state index is -1.58. The number of carbonyl (C=O) groups is 5. The Hall–Kier alpha value is -3.63. The maximum absolute atomic E-state index is 11.9. The maximum atomic E-state index is 11.9. The van der Waals surface area contributed by atoms with Crippen LogP contribution in [-0.4, -0.2) is 63.8 Å². The molecule has 0 bridgehead atoms. The SMILES string of the molecule is O=C(O)CC[C@H](NC(=O)C[C@@H](NC(=O)NCCc1ccccc1)C(=O)O)C(=O)O. The summed E-state index contributed by atoms with van der Waals surface area (Å²) in [6.45, 7) is 0.241. The Morgan fingerprint density at radius 1 is 0.862 bits per heavy atom. The minimum Gasteiger partial charge on any atom is -0.481 e. The lowest BCUT2D eigenvalue weighted by atomic mass is 10.1. The van der Waals surface area contributed by atoms with Crippen molar-refractivity contribution in [2.75, 3.05) is 6.54 Å². The zero-order valence-electron chi connectivity index (χ0n) is 15.5. The molecular weight excluding hydrogens is 386 g/mol. The number of amides is 3. The molecule has 0 heterocycles. The Bertz CT molecular complexity index is 738. The third kappa shape index (κ3) is 9.75. The van der Waals surface area contributed by atoms with Gasteiger partial charge in [0.05, 0.1) is 6.42 Å². The third-order valence-electron chi connectivity index (χ3n) is 3.82. The van der Waals surface area contributed by atoms with Crippen molar-refractivity contribution in [1.82, 2.24) is 16.0 Å². The van der Waals surface area contributed by atoms with Gasteiger partial charge in [-0.3, -0.25) is 9.59 Å². The second kappa shape index (κ2) is 12.0. The van der Waals surface area contributed by atoms with Crippen LogP contribution in [0, 0.1) is 0 Å². The molecule has 3 amide bonds. The molecule has 29 heavy (non-hydrogen) atoms. The van der Waals surface area contributed by atoms with Crippen molar-refractivity contribution in [3.8, 4) is 0 Å². The van der Waals surface area contributed by atoms with Crippen molar-refractivity contribution >= 4 is 29.8 Å². The fourth-order valence-electron chi connectivity index (χ4n) is 2.34. The Morgan fingerprint density at radius 3 is 2.03 bits per heavy atom. The number of benzene rings is 1. The second-order valence-electron chi connectivity index (χ2n) is 6.12. The molecule has 0 aliphatic rings. The lowest BCUT2D eigenvalue weighted by Gasteiger charge is -2.17. The molecule has 0 spiro atoms. The van der Waals surface area contributed by atoms with Crippen molar-refractivity contribution in [2.45, 2.75) is 37.8 Å². The highest BCUT2D eigenvalue weighted by Gasteiger charge is 2.26. The molecule has 0 radical (unpaired) electrons. The smallest absolute Gasteiger partial charge is 0.326 e. The number of carboxylic acids is 3. The third-order valence-corrected chi connectivity index (χ3v) is 3.82. The van der Waals surface area contributed by atoms with Crippen LogP contribution in [-0.2, 0) is 25.6 Å². The standard InChI is InChI=1S/C18H23N3O8/c22-14(20-12(16(25)26)6-7-15(23)24)10-13(17(27)28)21-18(29)19-9-8-11-4-2-1-3-5-11/h1-5,12-13H,6-10H2,(H,20,22)(H,23,24)(H,25,26)(H,27,28)(H2,19,21,29)/t12-,13+/m0/s1. The Labute approximate surface area is 166 Å². The van der Waals surface area contributed by atoms with Crippen LogP contribution < -0.4 is 16.0 Å². The van der Waals surface area contributed by atoms with Gasteiger partial charge >= 0.3 is 23.9 Å². The second-order valence-corrected chi connectivity index (χ2v) is 6.12. The van der Waals surface area contributed by atoms with Crippen LogP contribution in [0.15, 0.2) is 30.3 Å². The number of hydrogen-bond donors (Lipinski definition) is 6. The van der Waals surface area contributed by atoms with Crippen molar-refractivity contribution in [3.05, 3.63) is 35.9 Å². The average molecular weight is 409 g/mol. The highest BCUT2D eigenvalue weighted by atomic mass is 16.4. The summed E-state index contributed by atoms with van der Waals surface area (Å²) in [6.07, 6.45) is -1.03. The number of aliphatic carboxylic acids is 3. The van der Waals surface area contributed by atoms with Crippen molar-refractivity contribution in [3.63, 3.8) is 0 Å². The van der Waals surface area contributed by atoms with E-state index in [2.05, 4.69) is 16.0 Å². The molecular formula is C18H23N3O8. The zero-order chi connectivity index (χ0) is 21.8. The van der Waals surface area contributed by atoms with E-state index in [9.17, 15) is 29.1 Å². The molecule has 2 atom stereocenters. The maximum Gasteiger partial charge on any atom is 0.326 e. The van der Waals surface area contributed by atoms with Crippen LogP contribution in [0.2, 0.25) is 0 Å². The molecule has 0 aromatic heterocycles. The number of nitrogens with one attached hydrogen (secondary N) is 3. The first-order valence-corrected chi connectivity index (χ1v) is 8.74. The molecule has 1 aromatic rings. The number of urea groups is 1. The van der Waals surface area contributed by atoms with E-state index in [1.165, 1.54) is 0 Å².